The predicted molar refractivity (Wildman–Crippen MR) is 101 cm³/mol. The zero-order valence-corrected chi connectivity index (χ0v) is 16.1. The van der Waals surface area contributed by atoms with Gasteiger partial charge in [0, 0.05) is 45.3 Å². The van der Waals surface area contributed by atoms with E-state index in [1.165, 1.54) is 25.7 Å². The van der Waals surface area contributed by atoms with Gasteiger partial charge in [-0.25, -0.2) is 4.79 Å². The normalized spacial score (nSPS) is 20.6. The van der Waals surface area contributed by atoms with E-state index in [1.807, 2.05) is 23.6 Å². The summed E-state index contributed by atoms with van der Waals surface area (Å²) in [4.78, 5) is 30.9. The van der Waals surface area contributed by atoms with Gasteiger partial charge >= 0.3 is 6.03 Å². The number of hydrogen-bond acceptors (Lipinski definition) is 3. The molecule has 0 radical (unpaired) electrons. The number of rotatable bonds is 5. The molecule has 2 rings (SSSR count). The summed E-state index contributed by atoms with van der Waals surface area (Å²) in [7, 11) is 0. The second-order valence-corrected chi connectivity index (χ2v) is 7.32. The smallest absolute Gasteiger partial charge is 0.317 e. The Morgan fingerprint density at radius 2 is 1.60 bits per heavy atom. The molecule has 1 heterocycles. The molecule has 0 aromatic heterocycles. The minimum Gasteiger partial charge on any atom is -0.342 e. The topological polar surface area (TPSA) is 55.9 Å². The van der Waals surface area contributed by atoms with E-state index >= 15 is 0 Å². The zero-order chi connectivity index (χ0) is 18.1. The van der Waals surface area contributed by atoms with Crippen LogP contribution in [-0.4, -0.2) is 78.5 Å². The average molecular weight is 353 g/mol. The summed E-state index contributed by atoms with van der Waals surface area (Å²) >= 11 is 0. The molecule has 0 atom stereocenters. The van der Waals surface area contributed by atoms with Gasteiger partial charge in [-0.05, 0) is 33.1 Å². The third-order valence-corrected chi connectivity index (χ3v) is 5.53. The van der Waals surface area contributed by atoms with Crippen LogP contribution in [0.15, 0.2) is 0 Å². The minimum absolute atomic E-state index is 0.0869. The van der Waals surface area contributed by atoms with Gasteiger partial charge in [-0.1, -0.05) is 25.7 Å². The number of carbonyl (C=O) groups excluding carboxylic acids is 2. The van der Waals surface area contributed by atoms with Crippen molar-refractivity contribution < 1.29 is 9.59 Å². The monoisotopic (exact) mass is 352 g/mol. The second kappa shape index (κ2) is 10.6. The molecule has 1 N–H and O–H groups in total. The summed E-state index contributed by atoms with van der Waals surface area (Å²) in [6.45, 7) is 9.20. The Labute approximate surface area is 152 Å². The number of carbonyl (C=O) groups is 2. The lowest BCUT2D eigenvalue weighted by atomic mass is 10.1. The van der Waals surface area contributed by atoms with Crippen molar-refractivity contribution in [3.8, 4) is 0 Å². The van der Waals surface area contributed by atoms with Gasteiger partial charge in [0.25, 0.3) is 0 Å². The lowest BCUT2D eigenvalue weighted by Crippen LogP contribution is -2.46. The van der Waals surface area contributed by atoms with E-state index in [1.54, 1.807) is 0 Å². The minimum atomic E-state index is 0.0869. The summed E-state index contributed by atoms with van der Waals surface area (Å²) in [5.74, 6) is 0.196. The summed E-state index contributed by atoms with van der Waals surface area (Å²) < 4.78 is 0. The fraction of sp³-hybridized carbons (Fsp3) is 0.895. The lowest BCUT2D eigenvalue weighted by molar-refractivity contribution is -0.132. The molecule has 0 aromatic rings. The first-order chi connectivity index (χ1) is 12.1. The standard InChI is InChI=1S/C19H36N4O2/c1-3-22(4-2)18(24)16-21-12-9-13-23(15-14-21)19(25)20-17-10-7-5-6-8-11-17/h17H,3-16H2,1-2H3,(H,20,25). The number of likely N-dealkylation sites (N-methyl/N-ethyl adjacent to an activating group) is 1. The Kier molecular flexibility index (Phi) is 8.52. The maximum Gasteiger partial charge on any atom is 0.317 e. The quantitative estimate of drug-likeness (QED) is 0.773. The molecule has 25 heavy (non-hydrogen) atoms. The molecule has 0 unspecified atom stereocenters. The van der Waals surface area contributed by atoms with Crippen molar-refractivity contribution in [2.24, 2.45) is 0 Å². The molecule has 2 aliphatic rings. The van der Waals surface area contributed by atoms with Gasteiger partial charge in [-0.15, -0.1) is 0 Å². The van der Waals surface area contributed by atoms with Gasteiger partial charge in [0.2, 0.25) is 5.91 Å². The van der Waals surface area contributed by atoms with Gasteiger partial charge in [-0.2, -0.15) is 0 Å². The lowest BCUT2D eigenvalue weighted by Gasteiger charge is -2.26. The highest BCUT2D eigenvalue weighted by atomic mass is 16.2. The molecule has 1 saturated heterocycles. The van der Waals surface area contributed by atoms with Crippen molar-refractivity contribution in [3.63, 3.8) is 0 Å². The van der Waals surface area contributed by atoms with Gasteiger partial charge in [0.15, 0.2) is 0 Å². The van der Waals surface area contributed by atoms with Gasteiger partial charge < -0.3 is 15.1 Å². The van der Waals surface area contributed by atoms with E-state index in [0.717, 1.165) is 52.0 Å². The summed E-state index contributed by atoms with van der Waals surface area (Å²) in [5, 5.41) is 3.24. The first kappa shape index (κ1) is 20.0. The molecule has 1 saturated carbocycles. The second-order valence-electron chi connectivity index (χ2n) is 7.32. The Morgan fingerprint density at radius 3 is 2.24 bits per heavy atom. The Hall–Kier alpha value is -1.30. The maximum atomic E-state index is 12.6. The number of nitrogens with zero attached hydrogens (tertiary/aromatic N) is 3. The van der Waals surface area contributed by atoms with Gasteiger partial charge in [0.05, 0.1) is 6.54 Å². The van der Waals surface area contributed by atoms with Crippen molar-refractivity contribution in [2.75, 3.05) is 45.8 Å². The number of hydrogen-bond donors (Lipinski definition) is 1. The van der Waals surface area contributed by atoms with Crippen LogP contribution in [0.5, 0.6) is 0 Å². The van der Waals surface area contributed by atoms with Crippen LogP contribution < -0.4 is 5.32 Å². The van der Waals surface area contributed by atoms with Crippen LogP contribution in [0.1, 0.15) is 58.8 Å². The molecule has 3 amide bonds. The molecular weight excluding hydrogens is 316 g/mol. The van der Waals surface area contributed by atoms with Crippen molar-refractivity contribution in [2.45, 2.75) is 64.8 Å². The highest BCUT2D eigenvalue weighted by Gasteiger charge is 2.23. The largest absolute Gasteiger partial charge is 0.342 e. The van der Waals surface area contributed by atoms with Crippen molar-refractivity contribution in [1.29, 1.82) is 0 Å². The third-order valence-electron chi connectivity index (χ3n) is 5.53. The molecule has 2 fully saturated rings. The van der Waals surface area contributed by atoms with E-state index in [4.69, 9.17) is 0 Å². The summed E-state index contributed by atoms with van der Waals surface area (Å²) in [5.41, 5.74) is 0. The van der Waals surface area contributed by atoms with E-state index in [2.05, 4.69) is 10.2 Å². The molecule has 0 bridgehead atoms. The van der Waals surface area contributed by atoms with E-state index in [9.17, 15) is 9.59 Å². The molecule has 144 valence electrons. The van der Waals surface area contributed by atoms with Crippen molar-refractivity contribution in [3.05, 3.63) is 0 Å². The maximum absolute atomic E-state index is 12.6. The number of nitrogens with one attached hydrogen (secondary N) is 1. The Morgan fingerprint density at radius 1 is 0.920 bits per heavy atom. The van der Waals surface area contributed by atoms with E-state index in [0.29, 0.717) is 19.1 Å². The number of amides is 3. The van der Waals surface area contributed by atoms with Crippen molar-refractivity contribution in [1.82, 2.24) is 20.0 Å². The van der Waals surface area contributed by atoms with Crippen LogP contribution >= 0.6 is 0 Å². The SMILES string of the molecule is CCN(CC)C(=O)CN1CCCN(C(=O)NC2CCCCCC2)CC1. The van der Waals surface area contributed by atoms with Crippen molar-refractivity contribution >= 4 is 11.9 Å². The predicted octanol–water partition coefficient (Wildman–Crippen LogP) is 2.29. The first-order valence-electron chi connectivity index (χ1n) is 10.2. The Balaban J connectivity index is 1.77. The molecule has 1 aliphatic heterocycles. The highest BCUT2D eigenvalue weighted by Crippen LogP contribution is 2.17. The molecule has 0 spiro atoms. The van der Waals surface area contributed by atoms with Crippen LogP contribution in [0, 0.1) is 0 Å². The molecule has 0 aromatic carbocycles. The van der Waals surface area contributed by atoms with Crippen LogP contribution in [0.2, 0.25) is 0 Å². The van der Waals surface area contributed by atoms with Gasteiger partial charge in [-0.3, -0.25) is 9.69 Å². The number of urea groups is 1. The third kappa shape index (κ3) is 6.49. The van der Waals surface area contributed by atoms with E-state index in [-0.39, 0.29) is 11.9 Å². The summed E-state index contributed by atoms with van der Waals surface area (Å²) in [6, 6.07) is 0.433. The fourth-order valence-electron chi connectivity index (χ4n) is 3.89. The molecule has 6 heteroatoms. The van der Waals surface area contributed by atoms with E-state index < -0.39 is 0 Å². The fourth-order valence-corrected chi connectivity index (χ4v) is 3.89. The average Bonchev–Trinajstić information content (AvgIpc) is 2.99. The van der Waals surface area contributed by atoms with Crippen LogP contribution in [0.3, 0.4) is 0 Å². The molecular formula is C19H36N4O2. The molecule has 6 nitrogen and oxygen atoms in total. The zero-order valence-electron chi connectivity index (χ0n) is 16.1. The van der Waals surface area contributed by atoms with Crippen LogP contribution in [-0.2, 0) is 4.79 Å². The highest BCUT2D eigenvalue weighted by molar-refractivity contribution is 5.78. The first-order valence-corrected chi connectivity index (χ1v) is 10.2. The summed E-state index contributed by atoms with van der Waals surface area (Å²) in [6.07, 6.45) is 8.22. The van der Waals surface area contributed by atoms with Crippen LogP contribution in [0.25, 0.3) is 0 Å². The van der Waals surface area contributed by atoms with Gasteiger partial charge in [0.1, 0.15) is 0 Å². The molecule has 1 aliphatic carbocycles. The van der Waals surface area contributed by atoms with Crippen LogP contribution in [0.4, 0.5) is 4.79 Å². The Bertz CT molecular complexity index is 418.